The summed E-state index contributed by atoms with van der Waals surface area (Å²) in [6.07, 6.45) is 3.25. The molecular weight excluding hydrogens is 270 g/mol. The number of halogens is 1. The molecule has 2 rings (SSSR count). The number of aryl methyl sites for hydroxylation is 1. The van der Waals surface area contributed by atoms with Gasteiger partial charge in [-0.1, -0.05) is 28.1 Å². The van der Waals surface area contributed by atoms with E-state index in [9.17, 15) is 10.1 Å². The number of hydrogen-bond donors (Lipinski definition) is 0. The second kappa shape index (κ2) is 4.53. The van der Waals surface area contributed by atoms with Crippen LogP contribution in [0.3, 0.4) is 0 Å². The molecular formula is C12H14BrNO2. The highest BCUT2D eigenvalue weighted by molar-refractivity contribution is 9.09. The maximum Gasteiger partial charge on any atom is 0.272 e. The third kappa shape index (κ3) is 2.43. The smallest absolute Gasteiger partial charge is 0.258 e. The fraction of sp³-hybridized carbons (Fsp3) is 0.500. The SMILES string of the molecule is Cc1cccc([N+](=O)[O-])c1CC(Br)C1CC1. The Morgan fingerprint density at radius 1 is 1.56 bits per heavy atom. The van der Waals surface area contributed by atoms with E-state index in [0.717, 1.165) is 17.5 Å². The molecule has 0 bridgehead atoms. The molecule has 0 heterocycles. The molecule has 1 atom stereocenters. The normalized spacial score (nSPS) is 17.1. The summed E-state index contributed by atoms with van der Waals surface area (Å²) in [6, 6.07) is 5.28. The predicted molar refractivity (Wildman–Crippen MR) is 67.0 cm³/mol. The quantitative estimate of drug-likeness (QED) is 0.481. The zero-order valence-electron chi connectivity index (χ0n) is 9.15. The van der Waals surface area contributed by atoms with Gasteiger partial charge >= 0.3 is 0 Å². The number of nitrogens with zero attached hydrogens (tertiary/aromatic N) is 1. The van der Waals surface area contributed by atoms with Crippen LogP contribution in [-0.4, -0.2) is 9.75 Å². The lowest BCUT2D eigenvalue weighted by atomic mass is 10.0. The van der Waals surface area contributed by atoms with Crippen molar-refractivity contribution in [2.45, 2.75) is 31.0 Å². The minimum absolute atomic E-state index is 0.255. The molecule has 1 unspecified atom stereocenters. The van der Waals surface area contributed by atoms with Gasteiger partial charge in [0.1, 0.15) is 0 Å². The number of rotatable bonds is 4. The van der Waals surface area contributed by atoms with Crippen LogP contribution in [0.2, 0.25) is 0 Å². The molecule has 16 heavy (non-hydrogen) atoms. The first-order chi connectivity index (χ1) is 7.59. The van der Waals surface area contributed by atoms with E-state index in [1.165, 1.54) is 12.8 Å². The number of benzene rings is 1. The number of nitro benzene ring substituents is 1. The van der Waals surface area contributed by atoms with E-state index in [4.69, 9.17) is 0 Å². The molecule has 4 heteroatoms. The molecule has 1 aromatic carbocycles. The minimum atomic E-state index is -0.283. The van der Waals surface area contributed by atoms with E-state index < -0.39 is 0 Å². The minimum Gasteiger partial charge on any atom is -0.258 e. The highest BCUT2D eigenvalue weighted by atomic mass is 79.9. The van der Waals surface area contributed by atoms with Crippen LogP contribution in [0.4, 0.5) is 5.69 Å². The summed E-state index contributed by atoms with van der Waals surface area (Å²) >= 11 is 3.64. The van der Waals surface area contributed by atoms with Crippen molar-refractivity contribution >= 4 is 21.6 Å². The third-order valence-corrected chi connectivity index (χ3v) is 4.19. The average Bonchev–Trinajstić information content (AvgIpc) is 3.03. The van der Waals surface area contributed by atoms with Gasteiger partial charge in [0, 0.05) is 16.5 Å². The molecule has 1 fully saturated rings. The summed E-state index contributed by atoms with van der Waals surface area (Å²) in [5.41, 5.74) is 2.14. The number of nitro groups is 1. The first kappa shape index (κ1) is 11.6. The molecule has 1 aromatic rings. The Labute approximate surface area is 103 Å². The van der Waals surface area contributed by atoms with Crippen molar-refractivity contribution in [2.75, 3.05) is 0 Å². The lowest BCUT2D eigenvalue weighted by Gasteiger charge is -2.11. The second-order valence-electron chi connectivity index (χ2n) is 4.39. The van der Waals surface area contributed by atoms with E-state index in [-0.39, 0.29) is 10.6 Å². The van der Waals surface area contributed by atoms with E-state index in [0.29, 0.717) is 10.7 Å². The first-order valence-electron chi connectivity index (χ1n) is 5.46. The fourth-order valence-electron chi connectivity index (χ4n) is 1.94. The molecule has 0 N–H and O–H groups in total. The van der Waals surface area contributed by atoms with E-state index in [1.54, 1.807) is 12.1 Å². The molecule has 1 saturated carbocycles. The Morgan fingerprint density at radius 2 is 2.25 bits per heavy atom. The zero-order valence-corrected chi connectivity index (χ0v) is 10.7. The van der Waals surface area contributed by atoms with Crippen LogP contribution in [0.25, 0.3) is 0 Å². The summed E-state index contributed by atoms with van der Waals surface area (Å²) in [5, 5.41) is 10.9. The molecule has 0 radical (unpaired) electrons. The van der Waals surface area contributed by atoms with Crippen LogP contribution in [0.1, 0.15) is 24.0 Å². The summed E-state index contributed by atoms with van der Waals surface area (Å²) < 4.78 is 0. The van der Waals surface area contributed by atoms with Gasteiger partial charge in [-0.3, -0.25) is 10.1 Å². The first-order valence-corrected chi connectivity index (χ1v) is 6.38. The zero-order chi connectivity index (χ0) is 11.7. The average molecular weight is 284 g/mol. The summed E-state index contributed by atoms with van der Waals surface area (Å²) in [7, 11) is 0. The summed E-state index contributed by atoms with van der Waals surface area (Å²) in [4.78, 5) is 11.0. The van der Waals surface area contributed by atoms with Gasteiger partial charge in [0.2, 0.25) is 0 Å². The standard InChI is InChI=1S/C12H14BrNO2/c1-8-3-2-4-12(14(15)16)10(8)7-11(13)9-5-6-9/h2-4,9,11H,5-7H2,1H3. The van der Waals surface area contributed by atoms with Gasteiger partial charge in [-0.05, 0) is 37.7 Å². The van der Waals surface area contributed by atoms with Crippen LogP contribution in [0.15, 0.2) is 18.2 Å². The highest BCUT2D eigenvalue weighted by Crippen LogP contribution is 2.39. The van der Waals surface area contributed by atoms with Crippen molar-refractivity contribution in [1.82, 2.24) is 0 Å². The van der Waals surface area contributed by atoms with Gasteiger partial charge in [-0.2, -0.15) is 0 Å². The van der Waals surface area contributed by atoms with Crippen molar-refractivity contribution in [3.63, 3.8) is 0 Å². The monoisotopic (exact) mass is 283 g/mol. The molecule has 1 aliphatic rings. The largest absolute Gasteiger partial charge is 0.272 e. The van der Waals surface area contributed by atoms with Crippen molar-refractivity contribution in [3.05, 3.63) is 39.4 Å². The molecule has 86 valence electrons. The number of hydrogen-bond acceptors (Lipinski definition) is 2. The van der Waals surface area contributed by atoms with Crippen LogP contribution in [0, 0.1) is 23.0 Å². The van der Waals surface area contributed by atoms with Gasteiger partial charge in [0.05, 0.1) is 4.92 Å². The predicted octanol–water partition coefficient (Wildman–Crippen LogP) is 3.62. The van der Waals surface area contributed by atoms with E-state index in [1.807, 2.05) is 13.0 Å². The summed E-state index contributed by atoms with van der Waals surface area (Å²) in [6.45, 7) is 1.94. The van der Waals surface area contributed by atoms with Crippen LogP contribution in [0.5, 0.6) is 0 Å². The molecule has 0 aliphatic heterocycles. The molecule has 0 spiro atoms. The van der Waals surface area contributed by atoms with E-state index >= 15 is 0 Å². The third-order valence-electron chi connectivity index (χ3n) is 3.11. The van der Waals surface area contributed by atoms with Crippen LogP contribution < -0.4 is 0 Å². The van der Waals surface area contributed by atoms with Crippen LogP contribution >= 0.6 is 15.9 Å². The molecule has 3 nitrogen and oxygen atoms in total. The Morgan fingerprint density at radius 3 is 2.81 bits per heavy atom. The molecule has 0 amide bonds. The van der Waals surface area contributed by atoms with Gasteiger partial charge < -0.3 is 0 Å². The Hall–Kier alpha value is -0.900. The fourth-order valence-corrected chi connectivity index (χ4v) is 2.80. The highest BCUT2D eigenvalue weighted by Gasteiger charge is 2.31. The maximum absolute atomic E-state index is 10.9. The molecule has 1 aliphatic carbocycles. The maximum atomic E-state index is 10.9. The van der Waals surface area contributed by atoms with Gasteiger partial charge in [-0.25, -0.2) is 0 Å². The topological polar surface area (TPSA) is 43.1 Å². The van der Waals surface area contributed by atoms with Crippen molar-refractivity contribution in [2.24, 2.45) is 5.92 Å². The number of alkyl halides is 1. The van der Waals surface area contributed by atoms with Crippen molar-refractivity contribution < 1.29 is 4.92 Å². The Kier molecular flexibility index (Phi) is 3.28. The van der Waals surface area contributed by atoms with Crippen molar-refractivity contribution in [1.29, 1.82) is 0 Å². The Bertz CT molecular complexity index is 415. The lowest BCUT2D eigenvalue weighted by Crippen LogP contribution is -2.08. The molecule has 0 saturated heterocycles. The van der Waals surface area contributed by atoms with Crippen molar-refractivity contribution in [3.8, 4) is 0 Å². The van der Waals surface area contributed by atoms with Crippen LogP contribution in [-0.2, 0) is 6.42 Å². The molecule has 0 aromatic heterocycles. The van der Waals surface area contributed by atoms with E-state index in [2.05, 4.69) is 15.9 Å². The van der Waals surface area contributed by atoms with Gasteiger partial charge in [-0.15, -0.1) is 0 Å². The van der Waals surface area contributed by atoms with Gasteiger partial charge in [0.15, 0.2) is 0 Å². The summed E-state index contributed by atoms with van der Waals surface area (Å²) in [5.74, 6) is 0.708. The Balaban J connectivity index is 2.26. The second-order valence-corrected chi connectivity index (χ2v) is 5.56. The lowest BCUT2D eigenvalue weighted by molar-refractivity contribution is -0.385. The van der Waals surface area contributed by atoms with Gasteiger partial charge in [0.25, 0.3) is 5.69 Å².